The van der Waals surface area contributed by atoms with Crippen LogP contribution in [0, 0.1) is 5.82 Å². The average Bonchev–Trinajstić information content (AvgIpc) is 2.76. The maximum Gasteiger partial charge on any atom is 0.339 e. The number of aryl methyl sites for hydroxylation is 1. The summed E-state index contributed by atoms with van der Waals surface area (Å²) < 4.78 is 20.0. The van der Waals surface area contributed by atoms with E-state index >= 15 is 0 Å². The summed E-state index contributed by atoms with van der Waals surface area (Å²) in [5.74, 6) is -1.12. The Labute approximate surface area is 110 Å². The number of hydrogen-bond donors (Lipinski definition) is 1. The molecule has 0 bridgehead atoms. The summed E-state index contributed by atoms with van der Waals surface area (Å²) in [6, 6.07) is 4.31. The molecule has 0 aliphatic carbocycles. The van der Waals surface area contributed by atoms with Crippen LogP contribution in [-0.2, 0) is 16.1 Å². The van der Waals surface area contributed by atoms with Crippen LogP contribution in [0.25, 0.3) is 10.9 Å². The van der Waals surface area contributed by atoms with E-state index in [1.165, 1.54) is 12.1 Å². The summed E-state index contributed by atoms with van der Waals surface area (Å²) in [6.45, 7) is 4.46. The number of carbonyl (C=O) groups is 1. The third kappa shape index (κ3) is 2.46. The van der Waals surface area contributed by atoms with Gasteiger partial charge in [0, 0.05) is 29.2 Å². The number of carbonyl (C=O) groups excluding carboxylic acids is 1. The van der Waals surface area contributed by atoms with Gasteiger partial charge in [0.1, 0.15) is 5.82 Å². The number of esters is 1. The number of aromatic nitrogens is 1. The molecule has 5 heteroatoms. The quantitative estimate of drug-likeness (QED) is 0.864. The Bertz CT molecular complexity index is 606. The molecule has 1 aromatic carbocycles. The van der Waals surface area contributed by atoms with Crippen molar-refractivity contribution in [2.75, 3.05) is 6.61 Å². The van der Waals surface area contributed by atoms with E-state index in [4.69, 9.17) is 4.74 Å². The second kappa shape index (κ2) is 5.40. The zero-order valence-corrected chi connectivity index (χ0v) is 10.9. The smallest absolute Gasteiger partial charge is 0.339 e. The first-order chi connectivity index (χ1) is 9.08. The summed E-state index contributed by atoms with van der Waals surface area (Å²) in [5, 5.41) is 10.5. The fraction of sp³-hybridized carbons (Fsp3) is 0.357. The molecule has 4 nitrogen and oxygen atoms in total. The highest BCUT2D eigenvalue weighted by Crippen LogP contribution is 2.28. The Balaban J connectivity index is 2.53. The number of aliphatic hydroxyl groups excluding tert-OH is 1. The number of hydrogen-bond acceptors (Lipinski definition) is 3. The molecule has 1 atom stereocenters. The zero-order valence-electron chi connectivity index (χ0n) is 10.9. The molecule has 0 aliphatic heterocycles. The largest absolute Gasteiger partial charge is 0.464 e. The van der Waals surface area contributed by atoms with E-state index < -0.39 is 17.9 Å². The van der Waals surface area contributed by atoms with Crippen molar-refractivity contribution >= 4 is 16.9 Å². The van der Waals surface area contributed by atoms with E-state index in [0.717, 1.165) is 5.52 Å². The van der Waals surface area contributed by atoms with Crippen molar-refractivity contribution in [3.63, 3.8) is 0 Å². The van der Waals surface area contributed by atoms with Crippen LogP contribution in [0.5, 0.6) is 0 Å². The molecule has 0 saturated heterocycles. The van der Waals surface area contributed by atoms with Gasteiger partial charge in [-0.2, -0.15) is 0 Å². The van der Waals surface area contributed by atoms with Gasteiger partial charge in [-0.15, -0.1) is 0 Å². The predicted molar refractivity (Wildman–Crippen MR) is 69.2 cm³/mol. The maximum absolute atomic E-state index is 13.3. The van der Waals surface area contributed by atoms with Crippen molar-refractivity contribution in [1.29, 1.82) is 0 Å². The summed E-state index contributed by atoms with van der Waals surface area (Å²) in [5.41, 5.74) is 1.15. The topological polar surface area (TPSA) is 51.5 Å². The molecule has 1 aromatic heterocycles. The number of nitrogens with zero attached hydrogens (tertiary/aromatic N) is 1. The Hall–Kier alpha value is -1.88. The Morgan fingerprint density at radius 1 is 1.47 bits per heavy atom. The molecular weight excluding hydrogens is 249 g/mol. The van der Waals surface area contributed by atoms with Gasteiger partial charge in [-0.25, -0.2) is 9.18 Å². The van der Waals surface area contributed by atoms with Crippen LogP contribution in [0.4, 0.5) is 4.39 Å². The third-order valence-corrected chi connectivity index (χ3v) is 3.02. The van der Waals surface area contributed by atoms with Gasteiger partial charge in [0.15, 0.2) is 6.10 Å². The first kappa shape index (κ1) is 13.5. The average molecular weight is 265 g/mol. The summed E-state index contributed by atoms with van der Waals surface area (Å²) >= 11 is 0. The first-order valence-corrected chi connectivity index (χ1v) is 6.21. The number of aliphatic hydroxyl groups is 1. The molecular formula is C14H16FNO3. The number of benzene rings is 1. The molecule has 2 aromatic rings. The van der Waals surface area contributed by atoms with Gasteiger partial charge >= 0.3 is 5.97 Å². The van der Waals surface area contributed by atoms with E-state index in [9.17, 15) is 14.3 Å². The summed E-state index contributed by atoms with van der Waals surface area (Å²) in [4.78, 5) is 11.6. The molecule has 0 radical (unpaired) electrons. The van der Waals surface area contributed by atoms with Gasteiger partial charge in [-0.3, -0.25) is 0 Å². The molecule has 0 aliphatic rings. The Kier molecular flexibility index (Phi) is 3.85. The van der Waals surface area contributed by atoms with E-state index in [2.05, 4.69) is 0 Å². The van der Waals surface area contributed by atoms with Gasteiger partial charge in [0.05, 0.1) is 6.61 Å². The van der Waals surface area contributed by atoms with Crippen LogP contribution in [0.2, 0.25) is 0 Å². The third-order valence-electron chi connectivity index (χ3n) is 3.02. The standard InChI is InChI=1S/C14H16FNO3/c1-3-16-8-11(13(17)14(18)19-4-2)10-7-9(15)5-6-12(10)16/h5-8,13,17H,3-4H2,1-2H3. The number of halogens is 1. The van der Waals surface area contributed by atoms with E-state index in [0.29, 0.717) is 17.5 Å². The van der Waals surface area contributed by atoms with Gasteiger partial charge in [0.2, 0.25) is 0 Å². The van der Waals surface area contributed by atoms with E-state index in [1.807, 2.05) is 11.5 Å². The summed E-state index contributed by atoms with van der Waals surface area (Å²) in [7, 11) is 0. The lowest BCUT2D eigenvalue weighted by Crippen LogP contribution is -2.15. The molecule has 0 fully saturated rings. The minimum Gasteiger partial charge on any atom is -0.464 e. The summed E-state index contributed by atoms with van der Waals surface area (Å²) in [6.07, 6.45) is 0.267. The number of rotatable bonds is 4. The normalized spacial score (nSPS) is 12.6. The minimum absolute atomic E-state index is 0.191. The minimum atomic E-state index is -1.39. The molecule has 0 saturated carbocycles. The van der Waals surface area contributed by atoms with Crippen molar-refractivity contribution in [2.45, 2.75) is 26.5 Å². The lowest BCUT2D eigenvalue weighted by Gasteiger charge is -2.08. The Morgan fingerprint density at radius 2 is 2.21 bits per heavy atom. The van der Waals surface area contributed by atoms with E-state index in [-0.39, 0.29) is 6.61 Å². The van der Waals surface area contributed by atoms with Gasteiger partial charge in [-0.05, 0) is 32.0 Å². The van der Waals surface area contributed by atoms with Crippen molar-refractivity contribution in [3.8, 4) is 0 Å². The van der Waals surface area contributed by atoms with Crippen LogP contribution in [0.1, 0.15) is 25.5 Å². The first-order valence-electron chi connectivity index (χ1n) is 6.21. The lowest BCUT2D eigenvalue weighted by atomic mass is 10.1. The molecule has 1 unspecified atom stereocenters. The Morgan fingerprint density at radius 3 is 2.84 bits per heavy atom. The fourth-order valence-corrected chi connectivity index (χ4v) is 2.12. The predicted octanol–water partition coefficient (Wildman–Crippen LogP) is 2.40. The molecule has 1 heterocycles. The molecule has 2 rings (SSSR count). The second-order valence-corrected chi connectivity index (χ2v) is 4.19. The van der Waals surface area contributed by atoms with Crippen LogP contribution < -0.4 is 0 Å². The number of fused-ring (bicyclic) bond motifs is 1. The SMILES string of the molecule is CCOC(=O)C(O)c1cn(CC)c2ccc(F)cc12. The highest BCUT2D eigenvalue weighted by molar-refractivity contribution is 5.89. The van der Waals surface area contributed by atoms with Crippen LogP contribution in [0.15, 0.2) is 24.4 Å². The van der Waals surface area contributed by atoms with Crippen LogP contribution in [-0.4, -0.2) is 22.2 Å². The fourth-order valence-electron chi connectivity index (χ4n) is 2.12. The van der Waals surface area contributed by atoms with Crippen molar-refractivity contribution < 1.29 is 19.0 Å². The van der Waals surface area contributed by atoms with Gasteiger partial charge < -0.3 is 14.4 Å². The van der Waals surface area contributed by atoms with Crippen LogP contribution >= 0.6 is 0 Å². The van der Waals surface area contributed by atoms with E-state index in [1.54, 1.807) is 19.2 Å². The van der Waals surface area contributed by atoms with Crippen LogP contribution in [0.3, 0.4) is 0 Å². The van der Waals surface area contributed by atoms with Crippen molar-refractivity contribution in [1.82, 2.24) is 4.57 Å². The molecule has 0 amide bonds. The molecule has 0 spiro atoms. The highest BCUT2D eigenvalue weighted by atomic mass is 19.1. The number of ether oxygens (including phenoxy) is 1. The molecule has 19 heavy (non-hydrogen) atoms. The molecule has 102 valence electrons. The van der Waals surface area contributed by atoms with Crippen molar-refractivity contribution in [2.24, 2.45) is 0 Å². The second-order valence-electron chi connectivity index (χ2n) is 4.19. The monoisotopic (exact) mass is 265 g/mol. The lowest BCUT2D eigenvalue weighted by molar-refractivity contribution is -0.153. The van der Waals surface area contributed by atoms with Gasteiger partial charge in [-0.1, -0.05) is 0 Å². The zero-order chi connectivity index (χ0) is 14.0. The van der Waals surface area contributed by atoms with Crippen molar-refractivity contribution in [3.05, 3.63) is 35.8 Å². The molecule has 1 N–H and O–H groups in total. The highest BCUT2D eigenvalue weighted by Gasteiger charge is 2.23. The van der Waals surface area contributed by atoms with Gasteiger partial charge in [0.25, 0.3) is 0 Å². The maximum atomic E-state index is 13.3.